The standard InChI is InChI=1S/C51H82O21/c1-20-9-14-51(63-19-20)21(2)32-29(72-51)16-28-26-8-7-24-15-25(10-12-49(24,5)27(26)11-13-50(28,32)6)66-48-44(71-45-38(59)35(56)33(54)22(3)64-45)41(62)43(31(18-53)68-48)70-46-40(61)37(58)42(23(4)65-46)69-47-39(60)36(57)34(55)30(17-52)67-47/h7,20-23,25-48,52-62H,8-19H2,1-6H3. The highest BCUT2D eigenvalue weighted by molar-refractivity contribution is 5.26. The van der Waals surface area contributed by atoms with E-state index < -0.39 is 148 Å². The molecule has 3 saturated carbocycles. The molecule has 0 aromatic carbocycles. The smallest absolute Gasteiger partial charge is 0.187 e. The van der Waals surface area contributed by atoms with Crippen molar-refractivity contribution in [2.45, 2.75) is 240 Å². The number of ether oxygens (including phenoxy) is 10. The Morgan fingerprint density at radius 1 is 0.583 bits per heavy atom. The molecule has 72 heavy (non-hydrogen) atoms. The van der Waals surface area contributed by atoms with E-state index in [4.69, 9.17) is 47.4 Å². The van der Waals surface area contributed by atoms with Gasteiger partial charge in [0.15, 0.2) is 30.9 Å². The lowest BCUT2D eigenvalue weighted by molar-refractivity contribution is -0.394. The van der Waals surface area contributed by atoms with Gasteiger partial charge in [-0.3, -0.25) is 0 Å². The van der Waals surface area contributed by atoms with E-state index in [1.165, 1.54) is 19.4 Å². The lowest BCUT2D eigenvalue weighted by Gasteiger charge is -2.59. The first kappa shape index (κ1) is 54.3. The SMILES string of the molecule is CC1CCC2(OC1)OC1CC3C4CC=C5CC(OC6OC(CO)C(OC7OC(C)C(OC8OC(CO)C(O)C(O)C8O)C(O)C7O)C(O)C6OC6OC(C)C(O)C(O)C6O)CCC5(C)C4CCC3(C)C1C2C. The molecule has 0 aromatic rings. The average Bonchev–Trinajstić information content (AvgIpc) is 3.81. The molecule has 412 valence electrons. The van der Waals surface area contributed by atoms with Gasteiger partial charge >= 0.3 is 0 Å². The fourth-order valence-electron chi connectivity index (χ4n) is 15.5. The number of rotatable bonds is 10. The molecule has 21 heteroatoms. The Morgan fingerprint density at radius 3 is 1.89 bits per heavy atom. The minimum atomic E-state index is -1.90. The van der Waals surface area contributed by atoms with Gasteiger partial charge in [-0.15, -0.1) is 0 Å². The molecule has 0 amide bonds. The Kier molecular flexibility index (Phi) is 15.5. The Balaban J connectivity index is 0.835. The number of hydrogen-bond donors (Lipinski definition) is 11. The Morgan fingerprint density at radius 2 is 1.21 bits per heavy atom. The molecule has 31 atom stereocenters. The molecule has 21 nitrogen and oxygen atoms in total. The van der Waals surface area contributed by atoms with Crippen LogP contribution in [0.25, 0.3) is 0 Å². The van der Waals surface area contributed by atoms with E-state index in [1.807, 2.05) is 0 Å². The summed E-state index contributed by atoms with van der Waals surface area (Å²) >= 11 is 0. The maximum absolute atomic E-state index is 12.3. The van der Waals surface area contributed by atoms with Crippen LogP contribution < -0.4 is 0 Å². The molecule has 6 saturated heterocycles. The molecular weight excluding hydrogens is 949 g/mol. The van der Waals surface area contributed by atoms with Crippen molar-refractivity contribution in [2.75, 3.05) is 19.8 Å². The second-order valence-electron chi connectivity index (χ2n) is 23.9. The summed E-state index contributed by atoms with van der Waals surface area (Å²) in [5.74, 6) is 2.42. The fraction of sp³-hybridized carbons (Fsp3) is 0.961. The molecule has 1 spiro atoms. The molecule has 9 fully saturated rings. The molecule has 0 bridgehead atoms. The van der Waals surface area contributed by atoms with E-state index in [0.717, 1.165) is 51.6 Å². The van der Waals surface area contributed by atoms with E-state index in [1.54, 1.807) is 0 Å². The minimum absolute atomic E-state index is 0.0674. The molecule has 10 aliphatic rings. The summed E-state index contributed by atoms with van der Waals surface area (Å²) in [5, 5.41) is 119. The molecule has 6 heterocycles. The largest absolute Gasteiger partial charge is 0.394 e. The van der Waals surface area contributed by atoms with Gasteiger partial charge in [-0.05, 0) is 106 Å². The van der Waals surface area contributed by atoms with E-state index in [-0.39, 0.29) is 16.9 Å². The van der Waals surface area contributed by atoms with Crippen molar-refractivity contribution >= 4 is 0 Å². The number of aliphatic hydroxyl groups excluding tert-OH is 11. The second-order valence-corrected chi connectivity index (χ2v) is 23.9. The van der Waals surface area contributed by atoms with Gasteiger partial charge in [-0.1, -0.05) is 39.3 Å². The molecule has 6 aliphatic heterocycles. The van der Waals surface area contributed by atoms with Gasteiger partial charge in [0.1, 0.15) is 85.5 Å². The van der Waals surface area contributed by atoms with Crippen LogP contribution in [0.4, 0.5) is 0 Å². The van der Waals surface area contributed by atoms with Gasteiger partial charge in [0.2, 0.25) is 0 Å². The zero-order chi connectivity index (χ0) is 51.5. The highest BCUT2D eigenvalue weighted by Crippen LogP contribution is 2.71. The van der Waals surface area contributed by atoms with E-state index in [9.17, 15) is 56.2 Å². The lowest BCUT2D eigenvalue weighted by atomic mass is 9.47. The van der Waals surface area contributed by atoms with E-state index >= 15 is 0 Å². The van der Waals surface area contributed by atoms with Crippen molar-refractivity contribution in [3.8, 4) is 0 Å². The van der Waals surface area contributed by atoms with Gasteiger partial charge in [0.05, 0.1) is 44.2 Å². The molecule has 0 radical (unpaired) electrons. The molecule has 31 unspecified atom stereocenters. The maximum atomic E-state index is 12.3. The highest BCUT2D eigenvalue weighted by atomic mass is 16.8. The van der Waals surface area contributed by atoms with Crippen LogP contribution in [-0.2, 0) is 47.4 Å². The fourth-order valence-corrected chi connectivity index (χ4v) is 15.5. The maximum Gasteiger partial charge on any atom is 0.187 e. The van der Waals surface area contributed by atoms with Gasteiger partial charge in [0.25, 0.3) is 0 Å². The third-order valence-electron chi connectivity index (χ3n) is 19.8. The molecule has 11 N–H and O–H groups in total. The van der Waals surface area contributed by atoms with Gasteiger partial charge < -0.3 is 104 Å². The van der Waals surface area contributed by atoms with Crippen LogP contribution in [-0.4, -0.2) is 217 Å². The normalized spacial score (nSPS) is 57.8. The number of allylic oxidation sites excluding steroid dienone is 1. The number of aliphatic hydroxyl groups is 11. The van der Waals surface area contributed by atoms with Crippen LogP contribution in [0, 0.1) is 46.3 Å². The monoisotopic (exact) mass is 1030 g/mol. The van der Waals surface area contributed by atoms with Crippen molar-refractivity contribution in [2.24, 2.45) is 46.3 Å². The van der Waals surface area contributed by atoms with Crippen LogP contribution in [0.3, 0.4) is 0 Å². The van der Waals surface area contributed by atoms with Crippen molar-refractivity contribution < 1.29 is 104 Å². The molecule has 4 aliphatic carbocycles. The second kappa shape index (κ2) is 20.6. The van der Waals surface area contributed by atoms with Crippen molar-refractivity contribution in [3.05, 3.63) is 11.6 Å². The summed E-state index contributed by atoms with van der Waals surface area (Å²) in [7, 11) is 0. The summed E-state index contributed by atoms with van der Waals surface area (Å²) in [4.78, 5) is 0. The quantitative estimate of drug-likeness (QED) is 0.118. The number of hydrogen-bond acceptors (Lipinski definition) is 21. The van der Waals surface area contributed by atoms with E-state index in [2.05, 4.69) is 33.8 Å². The first-order valence-corrected chi connectivity index (χ1v) is 26.7. The lowest BCUT2D eigenvalue weighted by Crippen LogP contribution is -2.67. The predicted molar refractivity (Wildman–Crippen MR) is 245 cm³/mol. The molecule has 0 aromatic heterocycles. The average molecular weight is 1030 g/mol. The summed E-state index contributed by atoms with van der Waals surface area (Å²) in [5.41, 5.74) is 1.41. The predicted octanol–water partition coefficient (Wildman–Crippen LogP) is -0.934. The molecule has 10 rings (SSSR count). The Bertz CT molecular complexity index is 1900. The summed E-state index contributed by atoms with van der Waals surface area (Å²) in [6.07, 6.45) is -20.6. The van der Waals surface area contributed by atoms with Crippen LogP contribution in [0.15, 0.2) is 11.6 Å². The summed E-state index contributed by atoms with van der Waals surface area (Å²) in [6, 6.07) is 0. The topological polar surface area (TPSA) is 315 Å². The zero-order valence-corrected chi connectivity index (χ0v) is 42.2. The van der Waals surface area contributed by atoms with Crippen molar-refractivity contribution in [1.82, 2.24) is 0 Å². The first-order valence-electron chi connectivity index (χ1n) is 26.7. The zero-order valence-electron chi connectivity index (χ0n) is 42.2. The van der Waals surface area contributed by atoms with Gasteiger partial charge in [-0.2, -0.15) is 0 Å². The van der Waals surface area contributed by atoms with Crippen LogP contribution in [0.5, 0.6) is 0 Å². The minimum Gasteiger partial charge on any atom is -0.394 e. The number of fused-ring (bicyclic) bond motifs is 7. The highest BCUT2D eigenvalue weighted by Gasteiger charge is 2.69. The van der Waals surface area contributed by atoms with Gasteiger partial charge in [0, 0.05) is 12.3 Å². The van der Waals surface area contributed by atoms with Crippen molar-refractivity contribution in [1.29, 1.82) is 0 Å². The van der Waals surface area contributed by atoms with Gasteiger partial charge in [-0.25, -0.2) is 0 Å². The Hall–Kier alpha value is -1.10. The van der Waals surface area contributed by atoms with Crippen LogP contribution in [0.2, 0.25) is 0 Å². The summed E-state index contributed by atoms with van der Waals surface area (Å²) < 4.78 is 62.0. The third kappa shape index (κ3) is 9.09. The third-order valence-corrected chi connectivity index (χ3v) is 19.8. The first-order chi connectivity index (χ1) is 34.1. The Labute approximate surface area is 420 Å². The summed E-state index contributed by atoms with van der Waals surface area (Å²) in [6.45, 7) is 11.8. The van der Waals surface area contributed by atoms with E-state index in [0.29, 0.717) is 48.3 Å². The van der Waals surface area contributed by atoms with Crippen LogP contribution >= 0.6 is 0 Å². The van der Waals surface area contributed by atoms with Crippen molar-refractivity contribution in [3.63, 3.8) is 0 Å². The van der Waals surface area contributed by atoms with Crippen LogP contribution in [0.1, 0.15) is 99.3 Å². The molecular formula is C51H82O21.